The molecule has 0 spiro atoms. The highest BCUT2D eigenvalue weighted by Crippen LogP contribution is 2.29. The predicted octanol–water partition coefficient (Wildman–Crippen LogP) is 4.04. The lowest BCUT2D eigenvalue weighted by molar-refractivity contribution is 0.221. The zero-order chi connectivity index (χ0) is 20.4. The molecule has 1 fully saturated rings. The first-order chi connectivity index (χ1) is 14.0. The molecule has 0 saturated carbocycles. The van der Waals surface area contributed by atoms with Crippen molar-refractivity contribution in [3.05, 3.63) is 60.0 Å². The van der Waals surface area contributed by atoms with Gasteiger partial charge in [-0.2, -0.15) is 0 Å². The summed E-state index contributed by atoms with van der Waals surface area (Å²) in [5.74, 6) is -0.0826. The first-order valence-electron chi connectivity index (χ1n) is 9.02. The van der Waals surface area contributed by atoms with Crippen LogP contribution < -0.4 is 10.1 Å². The van der Waals surface area contributed by atoms with E-state index in [2.05, 4.69) is 15.5 Å². The van der Waals surface area contributed by atoms with Crippen LogP contribution in [0.3, 0.4) is 0 Å². The van der Waals surface area contributed by atoms with Crippen molar-refractivity contribution in [1.82, 2.24) is 15.1 Å². The number of anilines is 1. The summed E-state index contributed by atoms with van der Waals surface area (Å²) in [5, 5.41) is 10.7. The van der Waals surface area contributed by atoms with Crippen molar-refractivity contribution in [1.29, 1.82) is 0 Å². The number of hydrogen-bond acceptors (Lipinski definition) is 5. The third kappa shape index (κ3) is 4.03. The Kier molecular flexibility index (Phi) is 5.11. The van der Waals surface area contributed by atoms with Gasteiger partial charge in [-0.1, -0.05) is 0 Å². The number of carbonyl (C=O) groups excluding carboxylic acids is 1. The molecule has 2 amide bonds. The molecule has 1 atom stereocenters. The van der Waals surface area contributed by atoms with E-state index in [0.717, 1.165) is 23.4 Å². The van der Waals surface area contributed by atoms with E-state index in [-0.39, 0.29) is 11.6 Å². The molecule has 0 bridgehead atoms. The first-order valence-corrected chi connectivity index (χ1v) is 9.02. The van der Waals surface area contributed by atoms with Crippen molar-refractivity contribution in [2.45, 2.75) is 12.3 Å². The average molecular weight is 400 g/mol. The van der Waals surface area contributed by atoms with E-state index in [1.807, 2.05) is 12.1 Å². The normalized spacial score (nSPS) is 16.1. The topological polar surface area (TPSA) is 80.5 Å². The Hall–Kier alpha value is -3.49. The number of likely N-dealkylation sites (tertiary alicyclic amines) is 1. The van der Waals surface area contributed by atoms with E-state index in [9.17, 15) is 13.6 Å². The van der Waals surface area contributed by atoms with Crippen LogP contribution in [-0.4, -0.2) is 41.3 Å². The highest BCUT2D eigenvalue weighted by Gasteiger charge is 2.31. The van der Waals surface area contributed by atoms with E-state index in [4.69, 9.17) is 9.15 Å². The lowest BCUT2D eigenvalue weighted by Gasteiger charge is -2.17. The number of hydrogen-bond donors (Lipinski definition) is 1. The van der Waals surface area contributed by atoms with Gasteiger partial charge in [0.1, 0.15) is 17.4 Å². The van der Waals surface area contributed by atoms with Gasteiger partial charge in [0.15, 0.2) is 0 Å². The van der Waals surface area contributed by atoms with Gasteiger partial charge in [0.25, 0.3) is 0 Å². The van der Waals surface area contributed by atoms with E-state index >= 15 is 0 Å². The van der Waals surface area contributed by atoms with Crippen LogP contribution in [0.4, 0.5) is 19.3 Å². The first kappa shape index (κ1) is 18.9. The molecule has 2 heterocycles. The third-order valence-corrected chi connectivity index (χ3v) is 4.78. The maximum Gasteiger partial charge on any atom is 0.321 e. The molecular formula is C20H18F2N4O3. The molecule has 0 radical (unpaired) electrons. The zero-order valence-electron chi connectivity index (χ0n) is 15.6. The van der Waals surface area contributed by atoms with Gasteiger partial charge in [0, 0.05) is 24.7 Å². The van der Waals surface area contributed by atoms with Crippen LogP contribution in [0.2, 0.25) is 0 Å². The minimum atomic E-state index is -0.824. The van der Waals surface area contributed by atoms with Gasteiger partial charge in [-0.3, -0.25) is 0 Å². The molecule has 4 rings (SSSR count). The van der Waals surface area contributed by atoms with Crippen LogP contribution in [0, 0.1) is 11.6 Å². The smallest absolute Gasteiger partial charge is 0.321 e. The molecule has 1 saturated heterocycles. The largest absolute Gasteiger partial charge is 0.497 e. The highest BCUT2D eigenvalue weighted by atomic mass is 19.1. The van der Waals surface area contributed by atoms with Crippen molar-refractivity contribution in [3.63, 3.8) is 0 Å². The standard InChI is InChI=1S/C20H18F2N4O3/c1-28-15-5-2-12(3-6-15)18-24-25-19(29-18)13-8-9-26(11-13)20(27)23-17-7-4-14(21)10-16(17)22/h2-7,10,13H,8-9,11H2,1H3,(H,23,27)/t13-/m0/s1. The number of aromatic nitrogens is 2. The molecule has 9 heteroatoms. The van der Waals surface area contributed by atoms with Crippen molar-refractivity contribution in [2.75, 3.05) is 25.5 Å². The number of nitrogens with one attached hydrogen (secondary N) is 1. The fourth-order valence-corrected chi connectivity index (χ4v) is 3.18. The lowest BCUT2D eigenvalue weighted by atomic mass is 10.1. The molecule has 150 valence electrons. The van der Waals surface area contributed by atoms with Crippen LogP contribution in [0.25, 0.3) is 11.5 Å². The summed E-state index contributed by atoms with van der Waals surface area (Å²) in [6, 6.07) is 9.78. The van der Waals surface area contributed by atoms with Gasteiger partial charge < -0.3 is 19.4 Å². The Morgan fingerprint density at radius 3 is 2.72 bits per heavy atom. The minimum absolute atomic E-state index is 0.0700. The molecule has 2 aromatic carbocycles. The Morgan fingerprint density at radius 2 is 2.00 bits per heavy atom. The maximum absolute atomic E-state index is 13.7. The van der Waals surface area contributed by atoms with Crippen LogP contribution in [0.15, 0.2) is 46.9 Å². The van der Waals surface area contributed by atoms with Gasteiger partial charge >= 0.3 is 6.03 Å². The van der Waals surface area contributed by atoms with Gasteiger partial charge in [0.2, 0.25) is 11.8 Å². The second-order valence-electron chi connectivity index (χ2n) is 6.66. The number of amides is 2. The number of rotatable bonds is 4. The molecular weight excluding hydrogens is 382 g/mol. The summed E-state index contributed by atoms with van der Waals surface area (Å²) < 4.78 is 37.6. The summed E-state index contributed by atoms with van der Waals surface area (Å²) in [7, 11) is 1.59. The molecule has 1 aliphatic rings. The molecule has 7 nitrogen and oxygen atoms in total. The molecule has 0 unspecified atom stereocenters. The molecule has 0 aliphatic carbocycles. The van der Waals surface area contributed by atoms with Crippen molar-refractivity contribution < 1.29 is 22.7 Å². The molecule has 1 aliphatic heterocycles. The van der Waals surface area contributed by atoms with E-state index in [1.165, 1.54) is 11.0 Å². The summed E-state index contributed by atoms with van der Waals surface area (Å²) in [6.07, 6.45) is 0.642. The number of ether oxygens (including phenoxy) is 1. The van der Waals surface area contributed by atoms with Crippen LogP contribution >= 0.6 is 0 Å². The van der Waals surface area contributed by atoms with E-state index in [1.54, 1.807) is 19.2 Å². The number of carbonyl (C=O) groups is 1. The average Bonchev–Trinajstić information content (AvgIpc) is 3.40. The minimum Gasteiger partial charge on any atom is -0.497 e. The Balaban J connectivity index is 1.40. The van der Waals surface area contributed by atoms with Gasteiger partial charge in [-0.25, -0.2) is 13.6 Å². The second kappa shape index (κ2) is 7.86. The van der Waals surface area contributed by atoms with Crippen molar-refractivity contribution in [2.24, 2.45) is 0 Å². The Labute approximate surface area is 165 Å². The van der Waals surface area contributed by atoms with E-state index < -0.39 is 17.7 Å². The van der Waals surface area contributed by atoms with Crippen LogP contribution in [0.1, 0.15) is 18.2 Å². The van der Waals surface area contributed by atoms with E-state index in [0.29, 0.717) is 31.3 Å². The molecule has 1 aromatic heterocycles. The third-order valence-electron chi connectivity index (χ3n) is 4.78. The van der Waals surface area contributed by atoms with Gasteiger partial charge in [-0.05, 0) is 42.8 Å². The van der Waals surface area contributed by atoms with Crippen molar-refractivity contribution >= 4 is 11.7 Å². The van der Waals surface area contributed by atoms with Crippen molar-refractivity contribution in [3.8, 4) is 17.2 Å². The lowest BCUT2D eigenvalue weighted by Crippen LogP contribution is -2.33. The number of benzene rings is 2. The summed E-state index contributed by atoms with van der Waals surface area (Å²) in [4.78, 5) is 13.9. The highest BCUT2D eigenvalue weighted by molar-refractivity contribution is 5.89. The molecule has 29 heavy (non-hydrogen) atoms. The summed E-state index contributed by atoms with van der Waals surface area (Å²) >= 11 is 0. The maximum atomic E-state index is 13.7. The molecule has 1 N–H and O–H groups in total. The zero-order valence-corrected chi connectivity index (χ0v) is 15.6. The molecule has 3 aromatic rings. The number of nitrogens with zero attached hydrogens (tertiary/aromatic N) is 3. The summed E-state index contributed by atoms with van der Waals surface area (Å²) in [5.41, 5.74) is 0.698. The Bertz CT molecular complexity index is 1020. The second-order valence-corrected chi connectivity index (χ2v) is 6.66. The fourth-order valence-electron chi connectivity index (χ4n) is 3.18. The number of urea groups is 1. The number of methoxy groups -OCH3 is 1. The van der Waals surface area contributed by atoms with Gasteiger partial charge in [-0.15, -0.1) is 10.2 Å². The fraction of sp³-hybridized carbons (Fsp3) is 0.250. The van der Waals surface area contributed by atoms with Gasteiger partial charge in [0.05, 0.1) is 18.7 Å². The SMILES string of the molecule is COc1ccc(-c2nnc([C@H]3CCN(C(=O)Nc4ccc(F)cc4F)C3)o2)cc1. The Morgan fingerprint density at radius 1 is 1.21 bits per heavy atom. The monoisotopic (exact) mass is 400 g/mol. The van der Waals surface area contributed by atoms with Crippen LogP contribution in [-0.2, 0) is 0 Å². The summed E-state index contributed by atoms with van der Waals surface area (Å²) in [6.45, 7) is 0.818. The number of halogens is 2. The van der Waals surface area contributed by atoms with Crippen LogP contribution in [0.5, 0.6) is 5.75 Å². The quantitative estimate of drug-likeness (QED) is 0.715. The predicted molar refractivity (Wildman–Crippen MR) is 101 cm³/mol.